The van der Waals surface area contributed by atoms with Crippen molar-refractivity contribution in [1.82, 2.24) is 34.1 Å². The van der Waals surface area contributed by atoms with E-state index in [1.54, 1.807) is 0 Å². The lowest BCUT2D eigenvalue weighted by molar-refractivity contribution is -0.0576. The number of nitrogens with two attached hydrogens (primary N) is 1. The molecule has 5 heterocycles. The third kappa shape index (κ3) is 5.15. The van der Waals surface area contributed by atoms with Crippen LogP contribution in [-0.2, 0) is 23.1 Å². The molecule has 0 aliphatic carbocycles. The normalized spacial score (nSPS) is 32.0. The van der Waals surface area contributed by atoms with Gasteiger partial charge in [0.05, 0.1) is 19.5 Å². The molecule has 0 aromatic carbocycles. The molecular weight excluding hydrogens is 569 g/mol. The van der Waals surface area contributed by atoms with E-state index in [0.717, 1.165) is 17.2 Å². The number of nitrogens with zero attached hydrogens (tertiary/aromatic N) is 6. The fourth-order valence-corrected chi connectivity index (χ4v) is 5.32. The number of ether oxygens (including phenoxy) is 2. The minimum Gasteiger partial charge on any atom is -0.394 e. The molecular formula is C19H23F2N8O10P. The summed E-state index contributed by atoms with van der Waals surface area (Å²) in [7, 11) is -5.16. The highest BCUT2D eigenvalue weighted by molar-refractivity contribution is 7.47. The van der Waals surface area contributed by atoms with Crippen LogP contribution in [0.4, 0.5) is 14.7 Å². The number of rotatable bonds is 8. The van der Waals surface area contributed by atoms with Crippen LogP contribution in [0.2, 0.25) is 0 Å². The SMILES string of the molecule is Cc1nc2c(ncn2[C@@H]2O[C@H](COP(=O)(O)OC3[C@@H](CO)O[C@@H](n4cnc(N)nc4=O)[C@H]3F)C(O)[C@@H]2F)c(=O)[nH]1. The zero-order chi connectivity index (χ0) is 28.9. The van der Waals surface area contributed by atoms with Gasteiger partial charge in [-0.15, -0.1) is 0 Å². The highest BCUT2D eigenvalue weighted by atomic mass is 31.2. The van der Waals surface area contributed by atoms with Crippen molar-refractivity contribution in [2.75, 3.05) is 18.9 Å². The zero-order valence-electron chi connectivity index (χ0n) is 20.4. The van der Waals surface area contributed by atoms with Crippen LogP contribution in [0.5, 0.6) is 0 Å². The van der Waals surface area contributed by atoms with Crippen molar-refractivity contribution in [3.63, 3.8) is 0 Å². The van der Waals surface area contributed by atoms with Crippen LogP contribution in [0.3, 0.4) is 0 Å². The summed E-state index contributed by atoms with van der Waals surface area (Å²) in [6.07, 6.45) is -12.5. The number of anilines is 1. The zero-order valence-corrected chi connectivity index (χ0v) is 21.2. The molecule has 3 aromatic rings. The van der Waals surface area contributed by atoms with E-state index >= 15 is 4.39 Å². The largest absolute Gasteiger partial charge is 0.472 e. The minimum absolute atomic E-state index is 0.0238. The third-order valence-corrected chi connectivity index (χ3v) is 7.23. The summed E-state index contributed by atoms with van der Waals surface area (Å²) in [6.45, 7) is -0.279. The summed E-state index contributed by atoms with van der Waals surface area (Å²) in [5.74, 6) is -0.171. The molecule has 40 heavy (non-hydrogen) atoms. The van der Waals surface area contributed by atoms with Gasteiger partial charge in [0.15, 0.2) is 36.0 Å². The second-order valence-electron chi connectivity index (χ2n) is 8.91. The van der Waals surface area contributed by atoms with Crippen molar-refractivity contribution in [2.45, 2.75) is 56.1 Å². The monoisotopic (exact) mass is 592 g/mol. The number of aliphatic hydroxyl groups is 2. The van der Waals surface area contributed by atoms with Gasteiger partial charge in [-0.3, -0.25) is 23.0 Å². The third-order valence-electron chi connectivity index (χ3n) is 6.24. The molecule has 2 aliphatic heterocycles. The van der Waals surface area contributed by atoms with Gasteiger partial charge in [0.2, 0.25) is 5.95 Å². The fraction of sp³-hybridized carbons (Fsp3) is 0.579. The summed E-state index contributed by atoms with van der Waals surface area (Å²) >= 11 is 0. The van der Waals surface area contributed by atoms with E-state index in [2.05, 4.69) is 24.9 Å². The highest BCUT2D eigenvalue weighted by Gasteiger charge is 2.51. The Balaban J connectivity index is 1.27. The molecule has 0 amide bonds. The molecule has 2 aliphatic rings. The van der Waals surface area contributed by atoms with Crippen LogP contribution >= 0.6 is 7.82 Å². The van der Waals surface area contributed by atoms with Crippen LogP contribution in [0.25, 0.3) is 11.2 Å². The fourth-order valence-electron chi connectivity index (χ4n) is 4.36. The average molecular weight is 592 g/mol. The molecule has 6 N–H and O–H groups in total. The van der Waals surface area contributed by atoms with Gasteiger partial charge in [-0.05, 0) is 6.92 Å². The number of nitrogen functional groups attached to an aromatic ring is 1. The van der Waals surface area contributed by atoms with E-state index in [-0.39, 0.29) is 22.9 Å². The van der Waals surface area contributed by atoms with E-state index < -0.39 is 81.5 Å². The van der Waals surface area contributed by atoms with Crippen molar-refractivity contribution < 1.29 is 47.0 Å². The number of imidazole rings is 1. The number of aromatic nitrogens is 7. The average Bonchev–Trinajstić information content (AvgIpc) is 3.53. The van der Waals surface area contributed by atoms with Gasteiger partial charge in [-0.1, -0.05) is 0 Å². The molecule has 0 radical (unpaired) electrons. The molecule has 5 rings (SSSR count). The van der Waals surface area contributed by atoms with Gasteiger partial charge in [0.25, 0.3) is 5.56 Å². The van der Waals surface area contributed by atoms with Gasteiger partial charge in [-0.25, -0.2) is 33.1 Å². The molecule has 2 fully saturated rings. The number of hydrogen-bond donors (Lipinski definition) is 5. The molecule has 21 heteroatoms. The van der Waals surface area contributed by atoms with E-state index in [9.17, 15) is 33.7 Å². The number of halogens is 2. The number of H-pyrrole nitrogens is 1. The Morgan fingerprint density at radius 1 is 1.12 bits per heavy atom. The van der Waals surface area contributed by atoms with Gasteiger partial charge in [0.1, 0.15) is 36.6 Å². The number of aliphatic hydroxyl groups excluding tert-OH is 2. The van der Waals surface area contributed by atoms with E-state index in [1.807, 2.05) is 0 Å². The van der Waals surface area contributed by atoms with E-state index in [4.69, 9.17) is 24.3 Å². The number of nitrogens with one attached hydrogen (secondary N) is 1. The van der Waals surface area contributed by atoms with Crippen LogP contribution < -0.4 is 17.0 Å². The summed E-state index contributed by atoms with van der Waals surface area (Å²) in [6, 6.07) is 0. The molecule has 218 valence electrons. The predicted octanol–water partition coefficient (Wildman–Crippen LogP) is -2.01. The minimum atomic E-state index is -5.16. The van der Waals surface area contributed by atoms with Crippen LogP contribution in [0.1, 0.15) is 18.3 Å². The number of alkyl halides is 2. The number of hydrogen-bond acceptors (Lipinski definition) is 14. The number of fused-ring (bicyclic) bond motifs is 1. The molecule has 0 bridgehead atoms. The Morgan fingerprint density at radius 3 is 2.50 bits per heavy atom. The van der Waals surface area contributed by atoms with Crippen molar-refractivity contribution >= 4 is 24.9 Å². The Morgan fingerprint density at radius 2 is 1.80 bits per heavy atom. The summed E-state index contributed by atoms with van der Waals surface area (Å²) < 4.78 is 65.0. The van der Waals surface area contributed by atoms with Crippen molar-refractivity contribution in [3.8, 4) is 0 Å². The quantitative estimate of drug-likeness (QED) is 0.177. The summed E-state index contributed by atoms with van der Waals surface area (Å²) in [5, 5.41) is 19.9. The first kappa shape index (κ1) is 28.3. The maximum Gasteiger partial charge on any atom is 0.472 e. The summed E-state index contributed by atoms with van der Waals surface area (Å²) in [4.78, 5) is 51.7. The number of phosphoric ester groups is 1. The Hall–Kier alpha value is -3.23. The lowest BCUT2D eigenvalue weighted by atomic mass is 10.1. The van der Waals surface area contributed by atoms with Crippen molar-refractivity contribution in [1.29, 1.82) is 0 Å². The van der Waals surface area contributed by atoms with Crippen molar-refractivity contribution in [2.24, 2.45) is 0 Å². The molecule has 0 spiro atoms. The van der Waals surface area contributed by atoms with E-state index in [0.29, 0.717) is 4.57 Å². The van der Waals surface area contributed by atoms with Crippen LogP contribution in [0.15, 0.2) is 22.2 Å². The topological polar surface area (TPSA) is 252 Å². The highest BCUT2D eigenvalue weighted by Crippen LogP contribution is 2.49. The Labute approximate surface area is 221 Å². The molecule has 3 aromatic heterocycles. The maximum absolute atomic E-state index is 15.2. The van der Waals surface area contributed by atoms with Gasteiger partial charge in [0, 0.05) is 0 Å². The predicted molar refractivity (Wildman–Crippen MR) is 125 cm³/mol. The first-order chi connectivity index (χ1) is 18.9. The second-order valence-corrected chi connectivity index (χ2v) is 10.3. The van der Waals surface area contributed by atoms with Gasteiger partial charge in [-0.2, -0.15) is 4.98 Å². The Kier molecular flexibility index (Phi) is 7.52. The van der Waals surface area contributed by atoms with Crippen LogP contribution in [0, 0.1) is 6.92 Å². The number of aromatic amines is 1. The number of aryl methyl sites for hydroxylation is 1. The van der Waals surface area contributed by atoms with Gasteiger partial charge >= 0.3 is 13.5 Å². The molecule has 0 saturated carbocycles. The van der Waals surface area contributed by atoms with Crippen molar-refractivity contribution in [3.05, 3.63) is 39.3 Å². The molecule has 18 nitrogen and oxygen atoms in total. The van der Waals surface area contributed by atoms with Gasteiger partial charge < -0.3 is 35.3 Å². The first-order valence-corrected chi connectivity index (χ1v) is 13.1. The summed E-state index contributed by atoms with van der Waals surface area (Å²) in [5.41, 5.74) is 3.57. The standard InChI is InChI=1S/C19H23F2N8O10P/c1-6-25-14-11(15(32)26-6)23-4-28(14)16-9(20)12(31)8(38-16)3-36-40(34,35)39-13-7(2-30)37-17(10(13)21)29-5-24-18(22)27-19(29)33/h4-5,7-10,12-13,16-17,30-31H,2-3H2,1H3,(H,34,35)(H2,22,27,33)(H,25,26,32)/t7-,8-,9+,10+,12?,13?,16-,17-/m1/s1. The lowest BCUT2D eigenvalue weighted by Crippen LogP contribution is -2.36. The first-order valence-electron chi connectivity index (χ1n) is 11.6. The lowest BCUT2D eigenvalue weighted by Gasteiger charge is -2.22. The second kappa shape index (κ2) is 10.6. The maximum atomic E-state index is 15.2. The number of phosphoric acid groups is 1. The van der Waals surface area contributed by atoms with Crippen LogP contribution in [-0.4, -0.2) is 99.1 Å². The Bertz CT molecular complexity index is 1570. The van der Waals surface area contributed by atoms with E-state index in [1.165, 1.54) is 6.92 Å². The molecule has 3 unspecified atom stereocenters. The smallest absolute Gasteiger partial charge is 0.394 e. The molecule has 9 atom stereocenters. The molecule has 2 saturated heterocycles.